The van der Waals surface area contributed by atoms with Crippen molar-refractivity contribution in [1.29, 1.82) is 5.26 Å². The SMILES string of the molecule is N#CC1CCN(C[C@@H]2C[C@H](Nc3ncnc4c3ccn4C(c3ccccc3)(c3ccccc3)c3ccccc3)CN(C(=O)O)C2)C1. The quantitative estimate of drug-likeness (QED) is 0.210. The molecule has 7 rings (SSSR count). The second kappa shape index (κ2) is 12.7. The maximum absolute atomic E-state index is 12.2. The number of hydrogen-bond donors (Lipinski definition) is 2. The molecule has 232 valence electrons. The maximum atomic E-state index is 12.2. The number of nitriles is 1. The van der Waals surface area contributed by atoms with E-state index in [2.05, 4.69) is 111 Å². The van der Waals surface area contributed by atoms with Crippen molar-refractivity contribution in [1.82, 2.24) is 24.3 Å². The molecule has 1 unspecified atom stereocenters. The molecule has 1 amide bonds. The highest BCUT2D eigenvalue weighted by Crippen LogP contribution is 2.43. The van der Waals surface area contributed by atoms with Gasteiger partial charge in [-0.05, 0) is 48.1 Å². The zero-order chi connectivity index (χ0) is 31.5. The average Bonchev–Trinajstić information content (AvgIpc) is 3.75. The second-order valence-corrected chi connectivity index (χ2v) is 12.5. The predicted molar refractivity (Wildman–Crippen MR) is 177 cm³/mol. The van der Waals surface area contributed by atoms with E-state index in [-0.39, 0.29) is 17.9 Å². The predicted octanol–water partition coefficient (Wildman–Crippen LogP) is 5.90. The molecule has 9 nitrogen and oxygen atoms in total. The molecule has 3 atom stereocenters. The molecule has 46 heavy (non-hydrogen) atoms. The summed E-state index contributed by atoms with van der Waals surface area (Å²) < 4.78 is 2.24. The lowest BCUT2D eigenvalue weighted by molar-refractivity contribution is 0.105. The minimum atomic E-state index is -0.912. The van der Waals surface area contributed by atoms with Crippen LogP contribution in [0.3, 0.4) is 0 Å². The van der Waals surface area contributed by atoms with Crippen molar-refractivity contribution in [2.45, 2.75) is 24.4 Å². The van der Waals surface area contributed by atoms with Crippen molar-refractivity contribution in [3.63, 3.8) is 0 Å². The first kappa shape index (κ1) is 29.5. The Morgan fingerprint density at radius 1 is 0.891 bits per heavy atom. The van der Waals surface area contributed by atoms with Gasteiger partial charge in [-0.1, -0.05) is 91.0 Å². The average molecular weight is 612 g/mol. The number of nitrogens with one attached hydrogen (secondary N) is 1. The highest BCUT2D eigenvalue weighted by atomic mass is 16.4. The summed E-state index contributed by atoms with van der Waals surface area (Å²) in [5, 5.41) is 23.8. The molecule has 9 heteroatoms. The summed E-state index contributed by atoms with van der Waals surface area (Å²) in [6, 6.07) is 35.8. The monoisotopic (exact) mass is 611 g/mol. The van der Waals surface area contributed by atoms with E-state index in [1.165, 1.54) is 4.90 Å². The van der Waals surface area contributed by atoms with Gasteiger partial charge in [-0.25, -0.2) is 14.8 Å². The van der Waals surface area contributed by atoms with Gasteiger partial charge in [0.15, 0.2) is 0 Å². The summed E-state index contributed by atoms with van der Waals surface area (Å²) in [6.45, 7) is 3.28. The first-order chi connectivity index (χ1) is 22.6. The summed E-state index contributed by atoms with van der Waals surface area (Å²) >= 11 is 0. The van der Waals surface area contributed by atoms with Crippen LogP contribution in [0.15, 0.2) is 110 Å². The van der Waals surface area contributed by atoms with E-state index in [1.54, 1.807) is 6.33 Å². The molecule has 2 aliphatic rings. The third-order valence-corrected chi connectivity index (χ3v) is 9.54. The van der Waals surface area contributed by atoms with Crippen LogP contribution in [0.5, 0.6) is 0 Å². The first-order valence-corrected chi connectivity index (χ1v) is 15.9. The molecule has 0 spiro atoms. The van der Waals surface area contributed by atoms with Gasteiger partial charge < -0.3 is 24.8 Å². The van der Waals surface area contributed by atoms with E-state index < -0.39 is 11.6 Å². The van der Waals surface area contributed by atoms with Crippen LogP contribution in [0.2, 0.25) is 0 Å². The molecule has 0 saturated carbocycles. The molecule has 4 heterocycles. The van der Waals surface area contributed by atoms with Crippen LogP contribution in [0.1, 0.15) is 29.5 Å². The molecule has 0 aliphatic carbocycles. The molecule has 0 bridgehead atoms. The molecule has 2 fully saturated rings. The number of hydrogen-bond acceptors (Lipinski definition) is 6. The number of benzene rings is 3. The largest absolute Gasteiger partial charge is 0.465 e. The standard InChI is InChI=1S/C37H37N7O2/c38-21-27-16-18-42(22-27)23-28-20-32(25-43(24-28)36(45)46)41-34-33-17-19-44(35(33)40-26-39-34)37(29-10-4-1-5-11-29,30-12-6-2-7-13-30)31-14-8-3-9-15-31/h1-15,17,19,26-28,32H,16,18,20,22-25H2,(H,45,46)(H,39,40,41)/t27?,28-,32-/m0/s1. The van der Waals surface area contributed by atoms with E-state index in [1.807, 2.05) is 18.2 Å². The number of carbonyl (C=O) groups is 1. The van der Waals surface area contributed by atoms with E-state index >= 15 is 0 Å². The van der Waals surface area contributed by atoms with Crippen molar-refractivity contribution in [3.05, 3.63) is 126 Å². The van der Waals surface area contributed by atoms with Gasteiger partial charge in [0.2, 0.25) is 0 Å². The van der Waals surface area contributed by atoms with Gasteiger partial charge in [-0.2, -0.15) is 5.26 Å². The van der Waals surface area contributed by atoms with E-state index in [4.69, 9.17) is 4.98 Å². The fourth-order valence-electron chi connectivity index (χ4n) is 7.55. The smallest absolute Gasteiger partial charge is 0.407 e. The van der Waals surface area contributed by atoms with Gasteiger partial charge in [0.1, 0.15) is 23.3 Å². The molecule has 3 aromatic carbocycles. The van der Waals surface area contributed by atoms with Gasteiger partial charge in [-0.3, -0.25) is 0 Å². The van der Waals surface area contributed by atoms with Crippen LogP contribution in [0, 0.1) is 23.2 Å². The molecule has 2 N–H and O–H groups in total. The number of aromatic nitrogens is 3. The van der Waals surface area contributed by atoms with Crippen LogP contribution < -0.4 is 5.32 Å². The fourth-order valence-corrected chi connectivity index (χ4v) is 7.55. The number of anilines is 1. The molecular formula is C37H37N7O2. The van der Waals surface area contributed by atoms with Crippen molar-refractivity contribution in [3.8, 4) is 6.07 Å². The van der Waals surface area contributed by atoms with Gasteiger partial charge in [0, 0.05) is 38.4 Å². The van der Waals surface area contributed by atoms with Crippen LogP contribution in [0.25, 0.3) is 11.0 Å². The zero-order valence-electron chi connectivity index (χ0n) is 25.6. The van der Waals surface area contributed by atoms with Crippen molar-refractivity contribution < 1.29 is 9.90 Å². The summed E-state index contributed by atoms with van der Waals surface area (Å²) in [5.41, 5.74) is 3.36. The molecule has 0 radical (unpaired) electrons. The van der Waals surface area contributed by atoms with Crippen LogP contribution in [-0.2, 0) is 5.54 Å². The number of nitrogens with zero attached hydrogens (tertiary/aromatic N) is 6. The Balaban J connectivity index is 1.28. The fraction of sp³-hybridized carbons (Fsp3) is 0.297. The highest BCUT2D eigenvalue weighted by Gasteiger charge is 2.40. The summed E-state index contributed by atoms with van der Waals surface area (Å²) in [6.07, 6.45) is 4.45. The number of likely N-dealkylation sites (tertiary alicyclic amines) is 2. The maximum Gasteiger partial charge on any atom is 0.407 e. The third-order valence-electron chi connectivity index (χ3n) is 9.54. The Morgan fingerprint density at radius 3 is 2.09 bits per heavy atom. The Morgan fingerprint density at radius 2 is 1.52 bits per heavy atom. The Hall–Kier alpha value is -5.20. The van der Waals surface area contributed by atoms with E-state index in [0.717, 1.165) is 60.2 Å². The van der Waals surface area contributed by atoms with Crippen molar-refractivity contribution in [2.75, 3.05) is 38.0 Å². The summed E-state index contributed by atoms with van der Waals surface area (Å²) in [4.78, 5) is 25.5. The van der Waals surface area contributed by atoms with Crippen LogP contribution >= 0.6 is 0 Å². The molecule has 2 aromatic heterocycles. The lowest BCUT2D eigenvalue weighted by Gasteiger charge is -2.38. The highest BCUT2D eigenvalue weighted by molar-refractivity contribution is 5.88. The number of rotatable bonds is 8. The normalized spacial score (nSPS) is 20.4. The topological polar surface area (TPSA) is 110 Å². The minimum Gasteiger partial charge on any atom is -0.465 e. The van der Waals surface area contributed by atoms with E-state index in [9.17, 15) is 15.2 Å². The molecular weight excluding hydrogens is 574 g/mol. The lowest BCUT2D eigenvalue weighted by Crippen LogP contribution is -2.50. The Kier molecular flexibility index (Phi) is 8.12. The number of carboxylic acid groups (broad SMARTS) is 1. The number of fused-ring (bicyclic) bond motifs is 1. The first-order valence-electron chi connectivity index (χ1n) is 15.9. The van der Waals surface area contributed by atoms with Gasteiger partial charge in [0.05, 0.1) is 17.4 Å². The Labute approximate surface area is 268 Å². The van der Waals surface area contributed by atoms with Gasteiger partial charge >= 0.3 is 6.09 Å². The molecule has 2 aliphatic heterocycles. The zero-order valence-corrected chi connectivity index (χ0v) is 25.6. The molecule has 5 aromatic rings. The summed E-state index contributed by atoms with van der Waals surface area (Å²) in [7, 11) is 0. The Bertz CT molecular complexity index is 1740. The number of piperidine rings is 1. The third kappa shape index (κ3) is 5.46. The van der Waals surface area contributed by atoms with Gasteiger partial charge in [-0.15, -0.1) is 0 Å². The minimum absolute atomic E-state index is 0.0567. The summed E-state index contributed by atoms with van der Waals surface area (Å²) in [5.74, 6) is 0.901. The van der Waals surface area contributed by atoms with Crippen molar-refractivity contribution >= 4 is 22.9 Å². The van der Waals surface area contributed by atoms with E-state index in [0.29, 0.717) is 18.9 Å². The van der Waals surface area contributed by atoms with Crippen LogP contribution in [-0.4, -0.2) is 74.3 Å². The lowest BCUT2D eigenvalue weighted by atomic mass is 9.76. The second-order valence-electron chi connectivity index (χ2n) is 12.5. The number of amides is 1. The van der Waals surface area contributed by atoms with Gasteiger partial charge in [0.25, 0.3) is 0 Å². The van der Waals surface area contributed by atoms with Crippen molar-refractivity contribution in [2.24, 2.45) is 11.8 Å². The van der Waals surface area contributed by atoms with Crippen LogP contribution in [0.4, 0.5) is 10.6 Å². The molecule has 2 saturated heterocycles.